The summed E-state index contributed by atoms with van der Waals surface area (Å²) in [5.41, 5.74) is -0.634. The van der Waals surface area contributed by atoms with Crippen molar-refractivity contribution in [2.24, 2.45) is 5.41 Å². The molecule has 17 heavy (non-hydrogen) atoms. The molecule has 1 aliphatic rings. The Morgan fingerprint density at radius 3 is 2.41 bits per heavy atom. The van der Waals surface area contributed by atoms with Gasteiger partial charge in [-0.25, -0.2) is 0 Å². The van der Waals surface area contributed by atoms with Crippen LogP contribution in [-0.4, -0.2) is 38.9 Å². The van der Waals surface area contributed by atoms with Crippen LogP contribution in [0.2, 0.25) is 0 Å². The van der Waals surface area contributed by atoms with Gasteiger partial charge in [0, 0.05) is 13.7 Å². The SMILES string of the molecule is COCCNC1(C(=O)OC)CCCCC1(C)C. The quantitative estimate of drug-likeness (QED) is 0.590. The van der Waals surface area contributed by atoms with Crippen LogP contribution in [0.15, 0.2) is 0 Å². The molecule has 4 nitrogen and oxygen atoms in total. The average Bonchev–Trinajstić information content (AvgIpc) is 2.30. The summed E-state index contributed by atoms with van der Waals surface area (Å²) >= 11 is 0. The van der Waals surface area contributed by atoms with Crippen molar-refractivity contribution < 1.29 is 14.3 Å². The van der Waals surface area contributed by atoms with Crippen molar-refractivity contribution in [2.45, 2.75) is 45.1 Å². The first kappa shape index (κ1) is 14.5. The molecule has 4 heteroatoms. The third-order valence-electron chi connectivity index (χ3n) is 4.03. The fraction of sp³-hybridized carbons (Fsp3) is 0.923. The van der Waals surface area contributed by atoms with Gasteiger partial charge in [0.15, 0.2) is 0 Å². The zero-order valence-electron chi connectivity index (χ0n) is 11.5. The molecule has 1 aliphatic carbocycles. The van der Waals surface area contributed by atoms with Crippen LogP contribution in [0.4, 0.5) is 0 Å². The van der Waals surface area contributed by atoms with Crippen LogP contribution >= 0.6 is 0 Å². The van der Waals surface area contributed by atoms with Crippen molar-refractivity contribution in [3.05, 3.63) is 0 Å². The van der Waals surface area contributed by atoms with Gasteiger partial charge in [-0.05, 0) is 18.3 Å². The lowest BCUT2D eigenvalue weighted by Gasteiger charge is -2.48. The van der Waals surface area contributed by atoms with E-state index in [1.54, 1.807) is 7.11 Å². The van der Waals surface area contributed by atoms with Gasteiger partial charge in [0.25, 0.3) is 0 Å². The van der Waals surface area contributed by atoms with Gasteiger partial charge in [-0.3, -0.25) is 10.1 Å². The van der Waals surface area contributed by atoms with E-state index < -0.39 is 5.54 Å². The molecule has 1 atom stereocenters. The summed E-state index contributed by atoms with van der Waals surface area (Å²) in [6.07, 6.45) is 4.13. The van der Waals surface area contributed by atoms with Crippen LogP contribution in [-0.2, 0) is 14.3 Å². The summed E-state index contributed by atoms with van der Waals surface area (Å²) in [5, 5.41) is 3.38. The van der Waals surface area contributed by atoms with Crippen LogP contribution in [0.3, 0.4) is 0 Å². The molecule has 0 amide bonds. The fourth-order valence-corrected chi connectivity index (χ4v) is 2.83. The molecule has 0 saturated heterocycles. The number of esters is 1. The Morgan fingerprint density at radius 1 is 1.24 bits per heavy atom. The van der Waals surface area contributed by atoms with E-state index in [9.17, 15) is 4.79 Å². The number of rotatable bonds is 5. The minimum Gasteiger partial charge on any atom is -0.468 e. The molecule has 0 radical (unpaired) electrons. The van der Waals surface area contributed by atoms with E-state index in [1.165, 1.54) is 13.5 Å². The van der Waals surface area contributed by atoms with Crippen molar-refractivity contribution >= 4 is 5.97 Å². The predicted molar refractivity (Wildman–Crippen MR) is 66.9 cm³/mol. The van der Waals surface area contributed by atoms with E-state index in [0.717, 1.165) is 19.3 Å². The highest BCUT2D eigenvalue weighted by atomic mass is 16.5. The highest BCUT2D eigenvalue weighted by molar-refractivity contribution is 5.82. The van der Waals surface area contributed by atoms with Crippen molar-refractivity contribution in [3.63, 3.8) is 0 Å². The monoisotopic (exact) mass is 243 g/mol. The lowest BCUT2D eigenvalue weighted by atomic mass is 9.63. The molecule has 1 rings (SSSR count). The molecule has 0 heterocycles. The Bertz CT molecular complexity index is 265. The van der Waals surface area contributed by atoms with E-state index in [2.05, 4.69) is 19.2 Å². The maximum absolute atomic E-state index is 12.2. The lowest BCUT2D eigenvalue weighted by Crippen LogP contribution is -2.63. The first-order valence-corrected chi connectivity index (χ1v) is 6.32. The average molecular weight is 243 g/mol. The van der Waals surface area contributed by atoms with Gasteiger partial charge in [0.05, 0.1) is 13.7 Å². The number of carbonyl (C=O) groups excluding carboxylic acids is 1. The Hall–Kier alpha value is -0.610. The summed E-state index contributed by atoms with van der Waals surface area (Å²) < 4.78 is 10.1. The smallest absolute Gasteiger partial charge is 0.326 e. The molecule has 0 spiro atoms. The highest BCUT2D eigenvalue weighted by Gasteiger charge is 2.52. The molecule has 0 bridgehead atoms. The summed E-state index contributed by atoms with van der Waals surface area (Å²) in [4.78, 5) is 12.2. The minimum atomic E-state index is -0.557. The summed E-state index contributed by atoms with van der Waals surface area (Å²) in [5.74, 6) is -0.140. The van der Waals surface area contributed by atoms with Crippen molar-refractivity contribution in [1.82, 2.24) is 5.32 Å². The van der Waals surface area contributed by atoms with Gasteiger partial charge in [0.2, 0.25) is 0 Å². The van der Waals surface area contributed by atoms with Crippen LogP contribution in [0.25, 0.3) is 0 Å². The molecule has 0 aromatic heterocycles. The summed E-state index contributed by atoms with van der Waals surface area (Å²) in [7, 11) is 3.13. The Kier molecular flexibility index (Phi) is 4.95. The molecule has 100 valence electrons. The van der Waals surface area contributed by atoms with Crippen LogP contribution in [0.1, 0.15) is 39.5 Å². The predicted octanol–water partition coefficient (Wildman–Crippen LogP) is 1.73. The minimum absolute atomic E-state index is 0.0773. The number of ether oxygens (including phenoxy) is 2. The number of hydrogen-bond acceptors (Lipinski definition) is 4. The number of hydrogen-bond donors (Lipinski definition) is 1. The summed E-state index contributed by atoms with van der Waals surface area (Å²) in [6, 6.07) is 0. The Morgan fingerprint density at radius 2 is 1.88 bits per heavy atom. The first-order valence-electron chi connectivity index (χ1n) is 6.32. The van der Waals surface area contributed by atoms with Gasteiger partial charge in [-0.1, -0.05) is 26.7 Å². The molecule has 1 N–H and O–H groups in total. The third-order valence-corrected chi connectivity index (χ3v) is 4.03. The zero-order chi connectivity index (χ0) is 12.9. The van der Waals surface area contributed by atoms with E-state index >= 15 is 0 Å². The van der Waals surface area contributed by atoms with Crippen LogP contribution in [0.5, 0.6) is 0 Å². The largest absolute Gasteiger partial charge is 0.468 e. The first-order chi connectivity index (χ1) is 8.00. The van der Waals surface area contributed by atoms with Gasteiger partial charge in [0.1, 0.15) is 5.54 Å². The van der Waals surface area contributed by atoms with Crippen molar-refractivity contribution in [1.29, 1.82) is 0 Å². The van der Waals surface area contributed by atoms with Crippen LogP contribution < -0.4 is 5.32 Å². The Labute approximate surface area is 104 Å². The maximum Gasteiger partial charge on any atom is 0.326 e. The molecule has 1 saturated carbocycles. The van der Waals surface area contributed by atoms with Gasteiger partial charge in [-0.15, -0.1) is 0 Å². The molecule has 1 unspecified atom stereocenters. The molecule has 0 aliphatic heterocycles. The molecular formula is C13H25NO3. The second-order valence-corrected chi connectivity index (χ2v) is 5.41. The molecule has 0 aromatic carbocycles. The number of methoxy groups -OCH3 is 2. The van der Waals surface area contributed by atoms with Crippen molar-refractivity contribution in [3.8, 4) is 0 Å². The van der Waals surface area contributed by atoms with E-state index in [0.29, 0.717) is 13.2 Å². The van der Waals surface area contributed by atoms with E-state index in [4.69, 9.17) is 9.47 Å². The number of nitrogens with one attached hydrogen (secondary N) is 1. The molecular weight excluding hydrogens is 218 g/mol. The summed E-state index contributed by atoms with van der Waals surface area (Å²) in [6.45, 7) is 5.57. The topological polar surface area (TPSA) is 47.6 Å². The second-order valence-electron chi connectivity index (χ2n) is 5.41. The second kappa shape index (κ2) is 5.83. The third kappa shape index (κ3) is 2.80. The normalized spacial score (nSPS) is 27.8. The lowest BCUT2D eigenvalue weighted by molar-refractivity contribution is -0.157. The molecule has 1 fully saturated rings. The van der Waals surface area contributed by atoms with Crippen molar-refractivity contribution in [2.75, 3.05) is 27.4 Å². The van der Waals surface area contributed by atoms with Crippen LogP contribution in [0, 0.1) is 5.41 Å². The zero-order valence-corrected chi connectivity index (χ0v) is 11.5. The highest BCUT2D eigenvalue weighted by Crippen LogP contribution is 2.44. The molecule has 0 aromatic rings. The van der Waals surface area contributed by atoms with E-state index in [-0.39, 0.29) is 11.4 Å². The Balaban J connectivity index is 2.87. The fourth-order valence-electron chi connectivity index (χ4n) is 2.83. The van der Waals surface area contributed by atoms with Gasteiger partial charge in [-0.2, -0.15) is 0 Å². The standard InChI is InChI=1S/C13H25NO3/c1-12(2)7-5-6-8-13(12,11(15)17-4)14-9-10-16-3/h14H,5-10H2,1-4H3. The number of carbonyl (C=O) groups is 1. The maximum atomic E-state index is 12.2. The van der Waals surface area contributed by atoms with E-state index in [1.807, 2.05) is 0 Å². The van der Waals surface area contributed by atoms with Gasteiger partial charge < -0.3 is 9.47 Å². The van der Waals surface area contributed by atoms with Gasteiger partial charge >= 0.3 is 5.97 Å².